The Balaban J connectivity index is 1.76. The number of benzene rings is 1. The van der Waals surface area contributed by atoms with E-state index in [-0.39, 0.29) is 22.9 Å². The van der Waals surface area contributed by atoms with Crippen LogP contribution >= 0.6 is 0 Å². The standard InChI is InChI=1S/C19H15F2N7O/c1-10(25-26-19(22)29)15-4-5-17-24-9-11(28(17)27-15)7-13-14(20)8-16-12(18(13)21)3-2-6-23-16/h2-6,8-9H,7H2,1H3,(H3,22,26,29)/b25-10-. The lowest BCUT2D eigenvalue weighted by Gasteiger charge is -2.08. The number of hydrazone groups is 1. The van der Waals surface area contributed by atoms with Gasteiger partial charge in [0.2, 0.25) is 0 Å². The molecule has 8 nitrogen and oxygen atoms in total. The molecule has 0 fully saturated rings. The van der Waals surface area contributed by atoms with Crippen molar-refractivity contribution < 1.29 is 13.6 Å². The van der Waals surface area contributed by atoms with Gasteiger partial charge in [0.25, 0.3) is 0 Å². The predicted molar refractivity (Wildman–Crippen MR) is 102 cm³/mol. The molecule has 0 saturated heterocycles. The fraction of sp³-hybridized carbons (Fsp3) is 0.105. The van der Waals surface area contributed by atoms with Crippen molar-refractivity contribution in [1.82, 2.24) is 25.0 Å². The van der Waals surface area contributed by atoms with Gasteiger partial charge in [0.05, 0.1) is 23.1 Å². The van der Waals surface area contributed by atoms with Gasteiger partial charge in [-0.1, -0.05) is 0 Å². The second-order valence-corrected chi connectivity index (χ2v) is 6.31. The van der Waals surface area contributed by atoms with Gasteiger partial charge >= 0.3 is 6.03 Å². The molecule has 0 bridgehead atoms. The Morgan fingerprint density at radius 3 is 2.90 bits per heavy atom. The third kappa shape index (κ3) is 3.47. The lowest BCUT2D eigenvalue weighted by molar-refractivity contribution is 0.249. The molecule has 29 heavy (non-hydrogen) atoms. The smallest absolute Gasteiger partial charge is 0.332 e. The van der Waals surface area contributed by atoms with Crippen molar-refractivity contribution in [3.8, 4) is 0 Å². The minimum absolute atomic E-state index is 0.0597. The van der Waals surface area contributed by atoms with Crippen LogP contribution in [-0.4, -0.2) is 31.3 Å². The first-order chi connectivity index (χ1) is 13.9. The average molecular weight is 395 g/mol. The molecule has 0 aliphatic rings. The minimum atomic E-state index is -0.800. The highest BCUT2D eigenvalue weighted by Gasteiger charge is 2.17. The molecule has 0 atom stereocenters. The van der Waals surface area contributed by atoms with Crippen molar-refractivity contribution in [2.45, 2.75) is 13.3 Å². The van der Waals surface area contributed by atoms with Gasteiger partial charge in [-0.05, 0) is 31.2 Å². The Labute approximate surface area is 163 Å². The molecule has 0 saturated carbocycles. The van der Waals surface area contributed by atoms with Gasteiger partial charge in [0.15, 0.2) is 5.65 Å². The molecular formula is C19H15F2N7O. The molecule has 0 radical (unpaired) electrons. The van der Waals surface area contributed by atoms with E-state index in [1.165, 1.54) is 23.0 Å². The quantitative estimate of drug-likeness (QED) is 0.409. The van der Waals surface area contributed by atoms with E-state index in [1.54, 1.807) is 31.2 Å². The molecular weight excluding hydrogens is 380 g/mol. The molecule has 0 spiro atoms. The molecule has 1 aromatic carbocycles. The fourth-order valence-electron chi connectivity index (χ4n) is 2.97. The Hall–Kier alpha value is -3.95. The molecule has 3 heterocycles. The van der Waals surface area contributed by atoms with Gasteiger partial charge in [-0.2, -0.15) is 10.2 Å². The van der Waals surface area contributed by atoms with Crippen LogP contribution in [0.3, 0.4) is 0 Å². The highest BCUT2D eigenvalue weighted by atomic mass is 19.1. The summed E-state index contributed by atoms with van der Waals surface area (Å²) in [7, 11) is 0. The molecule has 0 aliphatic heterocycles. The van der Waals surface area contributed by atoms with E-state index in [1.807, 2.05) is 0 Å². The van der Waals surface area contributed by atoms with Gasteiger partial charge in [0, 0.05) is 29.6 Å². The Kier molecular flexibility index (Phi) is 4.59. The molecule has 3 aromatic heterocycles. The van der Waals surface area contributed by atoms with Gasteiger partial charge in [-0.25, -0.2) is 28.5 Å². The van der Waals surface area contributed by atoms with Crippen molar-refractivity contribution in [1.29, 1.82) is 0 Å². The number of halogens is 2. The summed E-state index contributed by atoms with van der Waals surface area (Å²) in [5.74, 6) is -1.36. The molecule has 0 unspecified atom stereocenters. The largest absolute Gasteiger partial charge is 0.350 e. The number of rotatable bonds is 4. The van der Waals surface area contributed by atoms with E-state index < -0.39 is 17.7 Å². The zero-order valence-electron chi connectivity index (χ0n) is 15.2. The van der Waals surface area contributed by atoms with Gasteiger partial charge in [-0.3, -0.25) is 4.98 Å². The Morgan fingerprint density at radius 2 is 2.10 bits per heavy atom. The highest BCUT2D eigenvalue weighted by Crippen LogP contribution is 2.25. The molecule has 3 N–H and O–H groups in total. The Bertz CT molecular complexity index is 1280. The van der Waals surface area contributed by atoms with Crippen molar-refractivity contribution in [3.05, 3.63) is 71.3 Å². The van der Waals surface area contributed by atoms with Crippen molar-refractivity contribution in [3.63, 3.8) is 0 Å². The molecule has 4 rings (SSSR count). The van der Waals surface area contributed by atoms with Crippen LogP contribution in [0.15, 0.2) is 47.8 Å². The van der Waals surface area contributed by atoms with Crippen molar-refractivity contribution in [2.75, 3.05) is 0 Å². The maximum absolute atomic E-state index is 14.9. The summed E-state index contributed by atoms with van der Waals surface area (Å²) in [5, 5.41) is 8.48. The van der Waals surface area contributed by atoms with Crippen LogP contribution in [-0.2, 0) is 6.42 Å². The third-order valence-electron chi connectivity index (χ3n) is 4.39. The summed E-state index contributed by atoms with van der Waals surface area (Å²) in [4.78, 5) is 19.0. The molecule has 10 heteroatoms. The first kappa shape index (κ1) is 18.4. The van der Waals surface area contributed by atoms with Crippen LogP contribution in [0, 0.1) is 11.6 Å². The van der Waals surface area contributed by atoms with E-state index in [2.05, 4.69) is 25.6 Å². The summed E-state index contributed by atoms with van der Waals surface area (Å²) in [5.41, 5.74) is 9.11. The van der Waals surface area contributed by atoms with Crippen LogP contribution in [0.25, 0.3) is 16.6 Å². The van der Waals surface area contributed by atoms with Crippen LogP contribution in [0.2, 0.25) is 0 Å². The first-order valence-corrected chi connectivity index (χ1v) is 8.59. The monoisotopic (exact) mass is 395 g/mol. The van der Waals surface area contributed by atoms with E-state index in [0.717, 1.165) is 0 Å². The SMILES string of the molecule is C/C(=N/NC(N)=O)c1ccc2ncc(Cc3c(F)cc4ncccc4c3F)n2n1. The number of nitrogens with two attached hydrogens (primary N) is 1. The number of hydrogen-bond acceptors (Lipinski definition) is 5. The average Bonchev–Trinajstić information content (AvgIpc) is 3.11. The lowest BCUT2D eigenvalue weighted by atomic mass is 10.0. The van der Waals surface area contributed by atoms with Crippen LogP contribution in [0.5, 0.6) is 0 Å². The van der Waals surface area contributed by atoms with Gasteiger partial charge in [-0.15, -0.1) is 0 Å². The van der Waals surface area contributed by atoms with E-state index >= 15 is 0 Å². The maximum atomic E-state index is 14.9. The van der Waals surface area contributed by atoms with Crippen molar-refractivity contribution >= 4 is 28.3 Å². The minimum Gasteiger partial charge on any atom is -0.350 e. The number of carbonyl (C=O) groups is 1. The number of fused-ring (bicyclic) bond motifs is 2. The maximum Gasteiger partial charge on any atom is 0.332 e. The fourth-order valence-corrected chi connectivity index (χ4v) is 2.97. The van der Waals surface area contributed by atoms with Crippen molar-refractivity contribution in [2.24, 2.45) is 10.8 Å². The molecule has 4 aromatic rings. The number of carbonyl (C=O) groups excluding carboxylic acids is 1. The topological polar surface area (TPSA) is 111 Å². The Morgan fingerprint density at radius 1 is 1.28 bits per heavy atom. The zero-order valence-corrected chi connectivity index (χ0v) is 15.2. The number of amides is 2. The number of primary amides is 1. The number of hydrogen-bond donors (Lipinski definition) is 2. The van der Waals surface area contributed by atoms with E-state index in [0.29, 0.717) is 22.7 Å². The zero-order chi connectivity index (χ0) is 20.5. The molecule has 0 aliphatic carbocycles. The van der Waals surface area contributed by atoms with Crippen LogP contribution in [0.1, 0.15) is 23.9 Å². The number of nitrogens with one attached hydrogen (secondary N) is 1. The predicted octanol–water partition coefficient (Wildman–Crippen LogP) is 2.54. The summed E-state index contributed by atoms with van der Waals surface area (Å²) >= 11 is 0. The number of urea groups is 1. The van der Waals surface area contributed by atoms with Crippen LogP contribution < -0.4 is 11.2 Å². The molecule has 146 valence electrons. The summed E-state index contributed by atoms with van der Waals surface area (Å²) in [6.07, 6.45) is 2.93. The van der Waals surface area contributed by atoms with E-state index in [9.17, 15) is 13.6 Å². The number of aromatic nitrogens is 4. The first-order valence-electron chi connectivity index (χ1n) is 8.59. The number of imidazole rings is 1. The lowest BCUT2D eigenvalue weighted by Crippen LogP contribution is -2.25. The van der Waals surface area contributed by atoms with Gasteiger partial charge in [0.1, 0.15) is 17.3 Å². The number of pyridine rings is 1. The summed E-state index contributed by atoms with van der Waals surface area (Å²) in [6.45, 7) is 1.64. The summed E-state index contributed by atoms with van der Waals surface area (Å²) < 4.78 is 30.9. The van der Waals surface area contributed by atoms with E-state index in [4.69, 9.17) is 5.73 Å². The van der Waals surface area contributed by atoms with Crippen LogP contribution in [0.4, 0.5) is 13.6 Å². The third-order valence-corrected chi connectivity index (χ3v) is 4.39. The number of nitrogens with zero attached hydrogens (tertiary/aromatic N) is 5. The summed E-state index contributed by atoms with van der Waals surface area (Å²) in [6, 6.07) is 6.91. The molecule has 2 amide bonds. The second kappa shape index (κ2) is 7.23. The highest BCUT2D eigenvalue weighted by molar-refractivity contribution is 5.97. The second-order valence-electron chi connectivity index (χ2n) is 6.31. The normalized spacial score (nSPS) is 11.9. The van der Waals surface area contributed by atoms with Gasteiger partial charge < -0.3 is 5.73 Å².